The fourth-order valence-corrected chi connectivity index (χ4v) is 2.11. The highest BCUT2D eigenvalue weighted by molar-refractivity contribution is 5.22. The van der Waals surface area contributed by atoms with Crippen LogP contribution in [0.3, 0.4) is 0 Å². The van der Waals surface area contributed by atoms with Crippen molar-refractivity contribution in [3.8, 4) is 0 Å². The first-order valence-electron chi connectivity index (χ1n) is 6.11. The van der Waals surface area contributed by atoms with Gasteiger partial charge in [-0.25, -0.2) is 0 Å². The maximum absolute atomic E-state index is 5.74. The lowest BCUT2D eigenvalue weighted by atomic mass is 9.71. The third kappa shape index (κ3) is 2.87. The maximum atomic E-state index is 5.74. The molecule has 0 aliphatic heterocycles. The van der Waals surface area contributed by atoms with Gasteiger partial charge in [0.2, 0.25) is 0 Å². The molecule has 1 nitrogen and oxygen atoms in total. The number of hydrogen-bond acceptors (Lipinski definition) is 1. The van der Waals surface area contributed by atoms with Crippen molar-refractivity contribution < 1.29 is 4.74 Å². The van der Waals surface area contributed by atoms with E-state index in [-0.39, 0.29) is 5.41 Å². The lowest BCUT2D eigenvalue weighted by Gasteiger charge is -2.37. The van der Waals surface area contributed by atoms with Crippen molar-refractivity contribution in [1.29, 1.82) is 0 Å². The van der Waals surface area contributed by atoms with Gasteiger partial charge < -0.3 is 4.74 Å². The number of ether oxygens (including phenoxy) is 1. The van der Waals surface area contributed by atoms with Crippen molar-refractivity contribution in [2.75, 3.05) is 6.61 Å². The molecule has 0 saturated heterocycles. The normalized spacial score (nSPS) is 26.4. The molecule has 0 aromatic carbocycles. The molecule has 0 aromatic rings. The summed E-state index contributed by atoms with van der Waals surface area (Å²) < 4.78 is 5.74. The number of hydrogen-bond donors (Lipinski definition) is 0. The van der Waals surface area contributed by atoms with E-state index < -0.39 is 0 Å². The van der Waals surface area contributed by atoms with Crippen LogP contribution in [0, 0.1) is 5.41 Å². The number of rotatable bonds is 5. The molecule has 1 atom stereocenters. The van der Waals surface area contributed by atoms with Gasteiger partial charge in [0.1, 0.15) is 0 Å². The van der Waals surface area contributed by atoms with Gasteiger partial charge in [-0.2, -0.15) is 0 Å². The van der Waals surface area contributed by atoms with Crippen molar-refractivity contribution in [2.24, 2.45) is 5.41 Å². The Hall–Kier alpha value is -0.720. The molecule has 0 radical (unpaired) electrons. The molecular formula is C14H24O. The van der Waals surface area contributed by atoms with E-state index in [1.807, 2.05) is 0 Å². The standard InChI is InChI=1S/C14H24O/c1-5-6-11-15-13(3)14(4)10-8-7-9-12(14)2/h2-3,5-11H2,1,4H3. The smallest absolute Gasteiger partial charge is 0.0987 e. The monoisotopic (exact) mass is 208 g/mol. The summed E-state index contributed by atoms with van der Waals surface area (Å²) in [7, 11) is 0. The highest BCUT2D eigenvalue weighted by Gasteiger charge is 2.34. The predicted molar refractivity (Wildman–Crippen MR) is 65.7 cm³/mol. The molecule has 1 aliphatic carbocycles. The van der Waals surface area contributed by atoms with Crippen molar-refractivity contribution in [3.05, 3.63) is 24.5 Å². The molecule has 15 heavy (non-hydrogen) atoms. The molecule has 0 spiro atoms. The fourth-order valence-electron chi connectivity index (χ4n) is 2.11. The van der Waals surface area contributed by atoms with Gasteiger partial charge in [-0.3, -0.25) is 0 Å². The van der Waals surface area contributed by atoms with Crippen LogP contribution < -0.4 is 0 Å². The molecular weight excluding hydrogens is 184 g/mol. The summed E-state index contributed by atoms with van der Waals surface area (Å²) in [6.45, 7) is 13.5. The van der Waals surface area contributed by atoms with E-state index in [2.05, 4.69) is 27.0 Å². The number of allylic oxidation sites excluding steroid dienone is 1. The zero-order chi connectivity index (χ0) is 11.3. The highest BCUT2D eigenvalue weighted by atomic mass is 16.5. The topological polar surface area (TPSA) is 9.23 Å². The van der Waals surface area contributed by atoms with Gasteiger partial charge in [0.15, 0.2) is 0 Å². The van der Waals surface area contributed by atoms with Crippen LogP contribution in [0.4, 0.5) is 0 Å². The lowest BCUT2D eigenvalue weighted by molar-refractivity contribution is 0.135. The SMILES string of the molecule is C=C1CCCCC1(C)C(=C)OCCCC. The molecule has 0 amide bonds. The predicted octanol–water partition coefficient (Wildman–Crippen LogP) is 4.45. The van der Waals surface area contributed by atoms with Crippen LogP contribution in [0.15, 0.2) is 24.5 Å². The van der Waals surface area contributed by atoms with Crippen LogP contribution in [-0.4, -0.2) is 6.61 Å². The quantitative estimate of drug-likeness (QED) is 0.368. The third-order valence-electron chi connectivity index (χ3n) is 3.58. The summed E-state index contributed by atoms with van der Waals surface area (Å²) in [5, 5.41) is 0. The Morgan fingerprint density at radius 2 is 2.20 bits per heavy atom. The Balaban J connectivity index is 2.51. The molecule has 1 rings (SSSR count). The van der Waals surface area contributed by atoms with E-state index in [4.69, 9.17) is 4.74 Å². The summed E-state index contributed by atoms with van der Waals surface area (Å²) >= 11 is 0. The van der Waals surface area contributed by atoms with Crippen LogP contribution in [0.1, 0.15) is 52.4 Å². The zero-order valence-corrected chi connectivity index (χ0v) is 10.3. The minimum atomic E-state index is 0.0337. The first kappa shape index (κ1) is 12.4. The summed E-state index contributed by atoms with van der Waals surface area (Å²) in [6.07, 6.45) is 7.11. The number of unbranched alkanes of at least 4 members (excludes halogenated alkanes) is 1. The van der Waals surface area contributed by atoms with Crippen LogP contribution in [0.25, 0.3) is 0 Å². The summed E-state index contributed by atoms with van der Waals surface area (Å²) in [4.78, 5) is 0. The Labute approximate surface area is 94.2 Å². The summed E-state index contributed by atoms with van der Waals surface area (Å²) in [5.74, 6) is 0.931. The summed E-state index contributed by atoms with van der Waals surface area (Å²) in [5.41, 5.74) is 1.33. The van der Waals surface area contributed by atoms with Crippen molar-refractivity contribution in [2.45, 2.75) is 52.4 Å². The fraction of sp³-hybridized carbons (Fsp3) is 0.714. The molecule has 1 heteroatoms. The maximum Gasteiger partial charge on any atom is 0.0987 e. The second-order valence-corrected chi connectivity index (χ2v) is 4.77. The molecule has 1 fully saturated rings. The van der Waals surface area contributed by atoms with Gasteiger partial charge >= 0.3 is 0 Å². The van der Waals surface area contributed by atoms with E-state index >= 15 is 0 Å². The van der Waals surface area contributed by atoms with Gasteiger partial charge in [-0.05, 0) is 32.6 Å². The minimum absolute atomic E-state index is 0.0337. The largest absolute Gasteiger partial charge is 0.498 e. The first-order chi connectivity index (χ1) is 7.11. The molecule has 0 N–H and O–H groups in total. The molecule has 0 heterocycles. The summed E-state index contributed by atoms with van der Waals surface area (Å²) in [6, 6.07) is 0. The van der Waals surface area contributed by atoms with Gasteiger partial charge in [-0.15, -0.1) is 0 Å². The van der Waals surface area contributed by atoms with E-state index in [1.54, 1.807) is 0 Å². The van der Waals surface area contributed by atoms with Crippen molar-refractivity contribution in [3.63, 3.8) is 0 Å². The van der Waals surface area contributed by atoms with Gasteiger partial charge in [-0.1, -0.05) is 38.5 Å². The van der Waals surface area contributed by atoms with Gasteiger partial charge in [0.25, 0.3) is 0 Å². The van der Waals surface area contributed by atoms with Crippen molar-refractivity contribution in [1.82, 2.24) is 0 Å². The van der Waals surface area contributed by atoms with Crippen molar-refractivity contribution >= 4 is 0 Å². The van der Waals surface area contributed by atoms with Crippen LogP contribution >= 0.6 is 0 Å². The second-order valence-electron chi connectivity index (χ2n) is 4.77. The first-order valence-corrected chi connectivity index (χ1v) is 6.11. The zero-order valence-electron chi connectivity index (χ0n) is 10.3. The van der Waals surface area contributed by atoms with E-state index in [9.17, 15) is 0 Å². The van der Waals surface area contributed by atoms with E-state index in [0.717, 1.165) is 31.6 Å². The second kappa shape index (κ2) is 5.39. The minimum Gasteiger partial charge on any atom is -0.498 e. The Morgan fingerprint density at radius 1 is 1.47 bits per heavy atom. The molecule has 1 saturated carbocycles. The Bertz CT molecular complexity index is 242. The molecule has 86 valence electrons. The molecule has 0 aromatic heterocycles. The average Bonchev–Trinajstić information content (AvgIpc) is 2.23. The average molecular weight is 208 g/mol. The van der Waals surface area contributed by atoms with Gasteiger partial charge in [0, 0.05) is 5.41 Å². The molecule has 0 bridgehead atoms. The van der Waals surface area contributed by atoms with Crippen LogP contribution in [0.5, 0.6) is 0 Å². The van der Waals surface area contributed by atoms with Crippen LogP contribution in [-0.2, 0) is 4.74 Å². The highest BCUT2D eigenvalue weighted by Crippen LogP contribution is 2.44. The Morgan fingerprint density at radius 3 is 2.80 bits per heavy atom. The van der Waals surface area contributed by atoms with E-state index in [1.165, 1.54) is 24.8 Å². The molecule has 1 unspecified atom stereocenters. The van der Waals surface area contributed by atoms with E-state index in [0.29, 0.717) is 0 Å². The Kier molecular flexibility index (Phi) is 4.44. The van der Waals surface area contributed by atoms with Crippen LogP contribution in [0.2, 0.25) is 0 Å². The van der Waals surface area contributed by atoms with Gasteiger partial charge in [0.05, 0.1) is 12.4 Å². The third-order valence-corrected chi connectivity index (χ3v) is 3.58. The lowest BCUT2D eigenvalue weighted by Crippen LogP contribution is -2.26. The molecule has 1 aliphatic rings.